The minimum absolute atomic E-state index is 0.276. The van der Waals surface area contributed by atoms with E-state index in [1.807, 2.05) is 0 Å². The van der Waals surface area contributed by atoms with Crippen LogP contribution in [0.5, 0.6) is 5.75 Å². The van der Waals surface area contributed by atoms with Gasteiger partial charge in [-0.1, -0.05) is 0 Å². The van der Waals surface area contributed by atoms with E-state index in [0.717, 1.165) is 0 Å². The maximum absolute atomic E-state index is 13.5. The van der Waals surface area contributed by atoms with Gasteiger partial charge < -0.3 is 10.5 Å². The van der Waals surface area contributed by atoms with E-state index in [1.165, 1.54) is 17.4 Å². The van der Waals surface area contributed by atoms with Crippen LogP contribution in [0.15, 0.2) is 17.5 Å². The monoisotopic (exact) mass is 238 g/mol. The summed E-state index contributed by atoms with van der Waals surface area (Å²) in [6.45, 7) is 1.69. The van der Waals surface area contributed by atoms with Crippen LogP contribution in [0.4, 0.5) is 9.52 Å². The van der Waals surface area contributed by atoms with Crippen LogP contribution < -0.4 is 10.5 Å². The molecule has 0 unspecified atom stereocenters. The third-order valence-corrected chi connectivity index (χ3v) is 2.95. The molecule has 0 atom stereocenters. The van der Waals surface area contributed by atoms with Gasteiger partial charge in [0.05, 0.1) is 12.8 Å². The number of rotatable bonds is 2. The minimum Gasteiger partial charge on any atom is -0.496 e. The molecule has 0 spiro atoms. The summed E-state index contributed by atoms with van der Waals surface area (Å²) in [7, 11) is 1.55. The zero-order valence-corrected chi connectivity index (χ0v) is 9.77. The molecule has 0 aliphatic rings. The maximum Gasteiger partial charge on any atom is 0.180 e. The van der Waals surface area contributed by atoms with Gasteiger partial charge in [0.2, 0.25) is 0 Å². The predicted molar refractivity (Wildman–Crippen MR) is 63.2 cm³/mol. The second kappa shape index (κ2) is 4.09. The fraction of sp³-hybridized carbons (Fsp3) is 0.182. The van der Waals surface area contributed by atoms with E-state index in [9.17, 15) is 4.39 Å². The first kappa shape index (κ1) is 10.9. The fourth-order valence-corrected chi connectivity index (χ4v) is 2.00. The van der Waals surface area contributed by atoms with Crippen molar-refractivity contribution in [3.05, 3.63) is 28.9 Å². The lowest BCUT2D eigenvalue weighted by Crippen LogP contribution is -1.92. The summed E-state index contributed by atoms with van der Waals surface area (Å²) in [5.74, 6) is 0.326. The average Bonchev–Trinajstić information content (AvgIpc) is 2.68. The van der Waals surface area contributed by atoms with Crippen molar-refractivity contribution in [3.8, 4) is 17.0 Å². The number of benzene rings is 1. The lowest BCUT2D eigenvalue weighted by Gasteiger charge is -2.08. The van der Waals surface area contributed by atoms with Crippen molar-refractivity contribution in [2.75, 3.05) is 12.8 Å². The van der Waals surface area contributed by atoms with Gasteiger partial charge in [-0.2, -0.15) is 0 Å². The number of nitrogen functional groups attached to an aromatic ring is 1. The average molecular weight is 238 g/mol. The molecule has 2 aromatic rings. The highest BCUT2D eigenvalue weighted by Crippen LogP contribution is 2.33. The third kappa shape index (κ3) is 1.86. The molecule has 0 radical (unpaired) electrons. The Morgan fingerprint density at radius 3 is 2.75 bits per heavy atom. The molecule has 16 heavy (non-hydrogen) atoms. The van der Waals surface area contributed by atoms with Gasteiger partial charge in [0.1, 0.15) is 11.6 Å². The van der Waals surface area contributed by atoms with Crippen molar-refractivity contribution in [2.45, 2.75) is 6.92 Å². The molecule has 0 amide bonds. The molecule has 1 heterocycles. The highest BCUT2D eigenvalue weighted by atomic mass is 32.1. The molecule has 0 bridgehead atoms. The molecular formula is C11H11FN2OS. The molecule has 0 saturated heterocycles. The second-order valence-corrected chi connectivity index (χ2v) is 4.26. The normalized spacial score (nSPS) is 10.4. The summed E-state index contributed by atoms with van der Waals surface area (Å²) >= 11 is 1.32. The highest BCUT2D eigenvalue weighted by molar-refractivity contribution is 7.13. The molecule has 5 heteroatoms. The number of hydrogen-bond acceptors (Lipinski definition) is 4. The first-order valence-electron chi connectivity index (χ1n) is 4.67. The highest BCUT2D eigenvalue weighted by Gasteiger charge is 2.12. The molecule has 2 N–H and O–H groups in total. The van der Waals surface area contributed by atoms with Gasteiger partial charge in [0.25, 0.3) is 0 Å². The summed E-state index contributed by atoms with van der Waals surface area (Å²) in [5, 5.41) is 2.24. The number of methoxy groups -OCH3 is 1. The number of ether oxygens (including phenoxy) is 1. The van der Waals surface area contributed by atoms with Crippen molar-refractivity contribution in [1.29, 1.82) is 0 Å². The zero-order chi connectivity index (χ0) is 11.7. The fourth-order valence-electron chi connectivity index (χ4n) is 1.44. The molecule has 2 rings (SSSR count). The molecule has 3 nitrogen and oxygen atoms in total. The van der Waals surface area contributed by atoms with E-state index in [1.54, 1.807) is 25.5 Å². The predicted octanol–water partition coefficient (Wildman–Crippen LogP) is 2.85. The van der Waals surface area contributed by atoms with E-state index in [-0.39, 0.29) is 5.82 Å². The number of aryl methyl sites for hydroxylation is 1. The van der Waals surface area contributed by atoms with Gasteiger partial charge in [-0.25, -0.2) is 9.37 Å². The van der Waals surface area contributed by atoms with Gasteiger partial charge in [0.15, 0.2) is 5.13 Å². The number of aromatic nitrogens is 1. The van der Waals surface area contributed by atoms with Gasteiger partial charge in [0, 0.05) is 10.9 Å². The molecule has 0 aliphatic carbocycles. The number of thiazole rings is 1. The molecular weight excluding hydrogens is 227 g/mol. The zero-order valence-electron chi connectivity index (χ0n) is 8.95. The lowest BCUT2D eigenvalue weighted by atomic mass is 10.1. The Morgan fingerprint density at radius 1 is 1.44 bits per heavy atom. The van der Waals surface area contributed by atoms with Crippen molar-refractivity contribution in [1.82, 2.24) is 4.98 Å². The van der Waals surface area contributed by atoms with Crippen LogP contribution in [-0.4, -0.2) is 12.1 Å². The van der Waals surface area contributed by atoms with E-state index in [0.29, 0.717) is 27.7 Å². The minimum atomic E-state index is -0.276. The maximum atomic E-state index is 13.5. The van der Waals surface area contributed by atoms with Crippen molar-refractivity contribution < 1.29 is 9.13 Å². The van der Waals surface area contributed by atoms with E-state index in [2.05, 4.69) is 4.98 Å². The molecule has 0 fully saturated rings. The third-order valence-electron chi connectivity index (χ3n) is 2.28. The topological polar surface area (TPSA) is 48.1 Å². The number of hydrogen-bond donors (Lipinski definition) is 1. The Morgan fingerprint density at radius 2 is 2.19 bits per heavy atom. The van der Waals surface area contributed by atoms with E-state index < -0.39 is 0 Å². The van der Waals surface area contributed by atoms with Gasteiger partial charge in [-0.05, 0) is 24.6 Å². The quantitative estimate of drug-likeness (QED) is 0.875. The summed E-state index contributed by atoms with van der Waals surface area (Å²) in [4.78, 5) is 4.11. The first-order chi connectivity index (χ1) is 7.61. The number of nitrogens with two attached hydrogens (primary N) is 1. The Hall–Kier alpha value is -1.62. The van der Waals surface area contributed by atoms with Crippen molar-refractivity contribution in [3.63, 3.8) is 0 Å². The van der Waals surface area contributed by atoms with Gasteiger partial charge >= 0.3 is 0 Å². The van der Waals surface area contributed by atoms with Crippen molar-refractivity contribution >= 4 is 16.5 Å². The lowest BCUT2D eigenvalue weighted by molar-refractivity contribution is 0.414. The summed E-state index contributed by atoms with van der Waals surface area (Å²) in [6.07, 6.45) is 0. The summed E-state index contributed by atoms with van der Waals surface area (Å²) in [5.41, 5.74) is 7.35. The van der Waals surface area contributed by atoms with Crippen LogP contribution in [0.1, 0.15) is 5.56 Å². The SMILES string of the molecule is COc1cc(C)c(F)cc1-c1csc(N)n1. The summed E-state index contributed by atoms with van der Waals surface area (Å²) in [6, 6.07) is 3.07. The van der Waals surface area contributed by atoms with Crippen LogP contribution in [0.2, 0.25) is 0 Å². The number of nitrogens with zero attached hydrogens (tertiary/aromatic N) is 1. The van der Waals surface area contributed by atoms with Crippen molar-refractivity contribution in [2.24, 2.45) is 0 Å². The van der Waals surface area contributed by atoms with Gasteiger partial charge in [-0.15, -0.1) is 11.3 Å². The molecule has 0 aliphatic heterocycles. The summed E-state index contributed by atoms with van der Waals surface area (Å²) < 4.78 is 18.7. The van der Waals surface area contributed by atoms with E-state index >= 15 is 0 Å². The largest absolute Gasteiger partial charge is 0.496 e. The van der Waals surface area contributed by atoms with E-state index in [4.69, 9.17) is 10.5 Å². The standard InChI is InChI=1S/C11H11FN2OS/c1-6-3-10(15-2)7(4-8(6)12)9-5-16-11(13)14-9/h3-5H,1-2H3,(H2,13,14). The molecule has 0 saturated carbocycles. The Bertz CT molecular complexity index is 525. The Kier molecular flexibility index (Phi) is 2.78. The van der Waals surface area contributed by atoms with Crippen LogP contribution in [0.3, 0.4) is 0 Å². The first-order valence-corrected chi connectivity index (χ1v) is 5.55. The van der Waals surface area contributed by atoms with Crippen LogP contribution in [0, 0.1) is 12.7 Å². The van der Waals surface area contributed by atoms with Gasteiger partial charge in [-0.3, -0.25) is 0 Å². The Labute approximate surface area is 96.7 Å². The molecule has 84 valence electrons. The van der Waals surface area contributed by atoms with Crippen LogP contribution in [-0.2, 0) is 0 Å². The number of anilines is 1. The van der Waals surface area contributed by atoms with Crippen LogP contribution >= 0.6 is 11.3 Å². The molecule has 1 aromatic heterocycles. The Balaban J connectivity index is 2.59. The molecule has 1 aromatic carbocycles. The smallest absolute Gasteiger partial charge is 0.180 e. The second-order valence-electron chi connectivity index (χ2n) is 3.37. The number of halogens is 1. The van der Waals surface area contributed by atoms with Crippen LogP contribution in [0.25, 0.3) is 11.3 Å².